The van der Waals surface area contributed by atoms with Gasteiger partial charge in [-0.25, -0.2) is 9.78 Å². The standard InChI is InChI=1S/C6H6F2N2O2.ClH/c1-3-9-4(5(11)12)2-10(3)6(7)8;/h2,6H,1H3,(H,11,12);1H. The van der Waals surface area contributed by atoms with Gasteiger partial charge in [-0.3, -0.25) is 4.57 Å². The van der Waals surface area contributed by atoms with E-state index in [-0.39, 0.29) is 23.9 Å². The molecule has 0 aromatic carbocycles. The van der Waals surface area contributed by atoms with Crippen LogP contribution in [-0.4, -0.2) is 20.6 Å². The van der Waals surface area contributed by atoms with E-state index < -0.39 is 12.5 Å². The number of imidazole rings is 1. The summed E-state index contributed by atoms with van der Waals surface area (Å²) in [5.74, 6) is -1.32. The van der Waals surface area contributed by atoms with Crippen molar-refractivity contribution in [1.82, 2.24) is 9.55 Å². The number of aromatic carboxylic acids is 1. The van der Waals surface area contributed by atoms with Gasteiger partial charge in [-0.15, -0.1) is 12.4 Å². The minimum atomic E-state index is -2.74. The number of halogens is 3. The summed E-state index contributed by atoms with van der Waals surface area (Å²) < 4.78 is 24.6. The maximum atomic E-state index is 12.0. The zero-order valence-electron chi connectivity index (χ0n) is 6.57. The molecule has 1 N–H and O–H groups in total. The van der Waals surface area contributed by atoms with Crippen LogP contribution in [0.15, 0.2) is 6.20 Å². The lowest BCUT2D eigenvalue weighted by atomic mass is 10.5. The van der Waals surface area contributed by atoms with Gasteiger partial charge in [0, 0.05) is 6.20 Å². The van der Waals surface area contributed by atoms with Crippen molar-refractivity contribution in [3.63, 3.8) is 0 Å². The third-order valence-corrected chi connectivity index (χ3v) is 1.35. The molecule has 0 fully saturated rings. The normalized spacial score (nSPS) is 9.85. The molecular weight excluding hydrogens is 206 g/mol. The SMILES string of the molecule is Cc1nc(C(=O)O)cn1C(F)F.Cl. The molecule has 1 heterocycles. The van der Waals surface area contributed by atoms with Gasteiger partial charge in [0.25, 0.3) is 0 Å². The number of hydrogen-bond acceptors (Lipinski definition) is 2. The van der Waals surface area contributed by atoms with Crippen LogP contribution in [0.1, 0.15) is 22.9 Å². The second-order valence-electron chi connectivity index (χ2n) is 2.16. The van der Waals surface area contributed by atoms with Crippen LogP contribution in [0.5, 0.6) is 0 Å². The first-order valence-corrected chi connectivity index (χ1v) is 3.09. The van der Waals surface area contributed by atoms with Gasteiger partial charge >= 0.3 is 12.5 Å². The molecule has 4 nitrogen and oxygen atoms in total. The predicted octanol–water partition coefficient (Wildman–Crippen LogP) is 1.71. The molecule has 0 saturated carbocycles. The van der Waals surface area contributed by atoms with E-state index in [2.05, 4.69) is 4.98 Å². The Labute approximate surface area is 78.6 Å². The molecule has 0 atom stereocenters. The number of nitrogens with zero attached hydrogens (tertiary/aromatic N) is 2. The van der Waals surface area contributed by atoms with Crippen LogP contribution in [0.4, 0.5) is 8.78 Å². The van der Waals surface area contributed by atoms with Gasteiger partial charge in [0.2, 0.25) is 0 Å². The van der Waals surface area contributed by atoms with Gasteiger partial charge < -0.3 is 5.11 Å². The van der Waals surface area contributed by atoms with Crippen molar-refractivity contribution < 1.29 is 18.7 Å². The summed E-state index contributed by atoms with van der Waals surface area (Å²) >= 11 is 0. The van der Waals surface area contributed by atoms with E-state index >= 15 is 0 Å². The highest BCUT2D eigenvalue weighted by molar-refractivity contribution is 5.85. The molecule has 74 valence electrons. The van der Waals surface area contributed by atoms with Crippen LogP contribution in [-0.2, 0) is 0 Å². The summed E-state index contributed by atoms with van der Waals surface area (Å²) in [5, 5.41) is 8.38. The largest absolute Gasteiger partial charge is 0.476 e. The highest BCUT2D eigenvalue weighted by Crippen LogP contribution is 2.13. The number of carboxylic acid groups (broad SMARTS) is 1. The smallest absolute Gasteiger partial charge is 0.356 e. The molecule has 0 bridgehead atoms. The molecule has 0 aliphatic rings. The topological polar surface area (TPSA) is 55.1 Å². The van der Waals surface area contributed by atoms with E-state index in [1.807, 2.05) is 0 Å². The lowest BCUT2D eigenvalue weighted by Crippen LogP contribution is -1.98. The Bertz CT molecular complexity index is 314. The molecule has 1 aromatic rings. The zero-order valence-corrected chi connectivity index (χ0v) is 7.39. The van der Waals surface area contributed by atoms with Gasteiger partial charge in [0.05, 0.1) is 0 Å². The van der Waals surface area contributed by atoms with Crippen LogP contribution in [0.3, 0.4) is 0 Å². The minimum absolute atomic E-state index is 0. The number of aromatic nitrogens is 2. The summed E-state index contributed by atoms with van der Waals surface area (Å²) in [4.78, 5) is 13.7. The molecular formula is C6H7ClF2N2O2. The maximum Gasteiger partial charge on any atom is 0.356 e. The lowest BCUT2D eigenvalue weighted by Gasteiger charge is -1.99. The molecule has 13 heavy (non-hydrogen) atoms. The van der Waals surface area contributed by atoms with E-state index in [0.717, 1.165) is 6.20 Å². The first-order valence-electron chi connectivity index (χ1n) is 3.09. The maximum absolute atomic E-state index is 12.0. The van der Waals surface area contributed by atoms with Crippen molar-refractivity contribution in [2.45, 2.75) is 13.5 Å². The van der Waals surface area contributed by atoms with Crippen molar-refractivity contribution in [3.8, 4) is 0 Å². The molecule has 1 rings (SSSR count). The molecule has 7 heteroatoms. The van der Waals surface area contributed by atoms with E-state index in [9.17, 15) is 13.6 Å². The Kier molecular flexibility index (Phi) is 3.80. The molecule has 0 saturated heterocycles. The van der Waals surface area contributed by atoms with Gasteiger partial charge in [0.15, 0.2) is 5.69 Å². The first kappa shape index (κ1) is 11.8. The third kappa shape index (κ3) is 2.38. The lowest BCUT2D eigenvalue weighted by molar-refractivity contribution is 0.0667. The Morgan fingerprint density at radius 1 is 1.69 bits per heavy atom. The number of carboxylic acids is 1. The van der Waals surface area contributed by atoms with Crippen LogP contribution in [0.25, 0.3) is 0 Å². The monoisotopic (exact) mass is 212 g/mol. The van der Waals surface area contributed by atoms with Gasteiger partial charge in [-0.2, -0.15) is 8.78 Å². The van der Waals surface area contributed by atoms with Crippen LogP contribution in [0.2, 0.25) is 0 Å². The van der Waals surface area contributed by atoms with Crippen molar-refractivity contribution in [3.05, 3.63) is 17.7 Å². The van der Waals surface area contributed by atoms with Gasteiger partial charge in [0.1, 0.15) is 5.82 Å². The average molecular weight is 213 g/mol. The quantitative estimate of drug-likeness (QED) is 0.812. The number of alkyl halides is 2. The highest BCUT2D eigenvalue weighted by atomic mass is 35.5. The van der Waals surface area contributed by atoms with E-state index in [1.165, 1.54) is 6.92 Å². The summed E-state index contributed by atoms with van der Waals surface area (Å²) in [6.07, 6.45) is 0.808. The summed E-state index contributed by atoms with van der Waals surface area (Å²) in [6, 6.07) is 0. The molecule has 1 aromatic heterocycles. The Morgan fingerprint density at radius 3 is 2.46 bits per heavy atom. The average Bonchev–Trinajstić information content (AvgIpc) is 2.30. The number of rotatable bonds is 2. The molecule has 0 unspecified atom stereocenters. The molecule has 0 radical (unpaired) electrons. The van der Waals surface area contributed by atoms with Crippen LogP contribution < -0.4 is 0 Å². The Balaban J connectivity index is 0.00000144. The van der Waals surface area contributed by atoms with Crippen molar-refractivity contribution in [2.24, 2.45) is 0 Å². The second kappa shape index (κ2) is 4.18. The Hall–Kier alpha value is -1.17. The van der Waals surface area contributed by atoms with Crippen molar-refractivity contribution >= 4 is 18.4 Å². The molecule has 0 aliphatic carbocycles. The second-order valence-corrected chi connectivity index (χ2v) is 2.16. The Morgan fingerprint density at radius 2 is 2.23 bits per heavy atom. The van der Waals surface area contributed by atoms with Crippen LogP contribution in [0, 0.1) is 6.92 Å². The zero-order chi connectivity index (χ0) is 9.30. The number of aryl methyl sites for hydroxylation is 1. The molecule has 0 amide bonds. The van der Waals surface area contributed by atoms with Crippen molar-refractivity contribution in [1.29, 1.82) is 0 Å². The highest BCUT2D eigenvalue weighted by Gasteiger charge is 2.14. The van der Waals surface area contributed by atoms with E-state index in [0.29, 0.717) is 4.57 Å². The van der Waals surface area contributed by atoms with Gasteiger partial charge in [-0.1, -0.05) is 0 Å². The third-order valence-electron chi connectivity index (χ3n) is 1.35. The number of hydrogen-bond donors (Lipinski definition) is 1. The van der Waals surface area contributed by atoms with Gasteiger partial charge in [-0.05, 0) is 6.92 Å². The van der Waals surface area contributed by atoms with Crippen LogP contribution >= 0.6 is 12.4 Å². The summed E-state index contributed by atoms with van der Waals surface area (Å²) in [5.41, 5.74) is -0.368. The predicted molar refractivity (Wildman–Crippen MR) is 42.4 cm³/mol. The first-order chi connectivity index (χ1) is 5.52. The fourth-order valence-electron chi connectivity index (χ4n) is 0.787. The fourth-order valence-corrected chi connectivity index (χ4v) is 0.787. The minimum Gasteiger partial charge on any atom is -0.476 e. The number of carbonyl (C=O) groups is 1. The van der Waals surface area contributed by atoms with Crippen molar-refractivity contribution in [2.75, 3.05) is 0 Å². The summed E-state index contributed by atoms with van der Waals surface area (Å²) in [6.45, 7) is -1.43. The fraction of sp³-hybridized carbons (Fsp3) is 0.333. The van der Waals surface area contributed by atoms with E-state index in [4.69, 9.17) is 5.11 Å². The molecule has 0 aliphatic heterocycles. The molecule has 0 spiro atoms. The van der Waals surface area contributed by atoms with E-state index in [1.54, 1.807) is 0 Å². The summed E-state index contributed by atoms with van der Waals surface area (Å²) in [7, 11) is 0.